The third kappa shape index (κ3) is 5.60. The number of rotatable bonds is 8. The van der Waals surface area contributed by atoms with Crippen LogP contribution in [0, 0.1) is 0 Å². The standard InChI is InChI=1S/C20H25N3O4/c1-3-4-5-14-6-8-15(9-7-14)16-10-11-17(21-12-16)19(25)22-18(13(2)24)20(26)23-27/h6-13,18,24,27H,3-5H2,1-2H3,(H,22,25)(H,23,26)/t13-,18+/m1/s1. The summed E-state index contributed by atoms with van der Waals surface area (Å²) in [4.78, 5) is 27.9. The first-order chi connectivity index (χ1) is 13.0. The molecule has 0 fully saturated rings. The third-order valence-electron chi connectivity index (χ3n) is 4.26. The molecule has 4 N–H and O–H groups in total. The Bertz CT molecular complexity index is 758. The lowest BCUT2D eigenvalue weighted by atomic mass is 10.0. The van der Waals surface area contributed by atoms with Crippen molar-refractivity contribution in [2.45, 2.75) is 45.3 Å². The summed E-state index contributed by atoms with van der Waals surface area (Å²) in [6, 6.07) is 10.3. The van der Waals surface area contributed by atoms with Crippen molar-refractivity contribution in [2.75, 3.05) is 0 Å². The van der Waals surface area contributed by atoms with Crippen LogP contribution in [0.4, 0.5) is 0 Å². The van der Waals surface area contributed by atoms with Gasteiger partial charge in [0.05, 0.1) is 6.10 Å². The predicted octanol–water partition coefficient (Wildman–Crippen LogP) is 2.08. The van der Waals surface area contributed by atoms with Crippen LogP contribution in [0.2, 0.25) is 0 Å². The Hall–Kier alpha value is -2.77. The number of nitrogens with one attached hydrogen (secondary N) is 2. The number of nitrogens with zero attached hydrogens (tertiary/aromatic N) is 1. The Balaban J connectivity index is 2.07. The molecular formula is C20H25N3O4. The molecule has 0 unspecified atom stereocenters. The van der Waals surface area contributed by atoms with Crippen molar-refractivity contribution in [3.63, 3.8) is 0 Å². The fourth-order valence-electron chi connectivity index (χ4n) is 2.63. The summed E-state index contributed by atoms with van der Waals surface area (Å²) < 4.78 is 0. The second kappa shape index (κ2) is 9.80. The topological polar surface area (TPSA) is 112 Å². The zero-order valence-corrected chi connectivity index (χ0v) is 15.5. The minimum atomic E-state index is -1.28. The summed E-state index contributed by atoms with van der Waals surface area (Å²) in [6.45, 7) is 3.50. The highest BCUT2D eigenvalue weighted by Gasteiger charge is 2.26. The first-order valence-corrected chi connectivity index (χ1v) is 8.94. The second-order valence-electron chi connectivity index (χ2n) is 6.40. The number of hydroxylamine groups is 1. The van der Waals surface area contributed by atoms with Crippen molar-refractivity contribution < 1.29 is 19.9 Å². The van der Waals surface area contributed by atoms with E-state index in [0.717, 1.165) is 30.4 Å². The van der Waals surface area contributed by atoms with E-state index in [2.05, 4.69) is 29.4 Å². The van der Waals surface area contributed by atoms with Gasteiger partial charge in [0.15, 0.2) is 0 Å². The lowest BCUT2D eigenvalue weighted by Crippen LogP contribution is -2.51. The Kier molecular flexibility index (Phi) is 7.45. The maximum atomic E-state index is 12.2. The number of aryl methyl sites for hydroxylation is 1. The fraction of sp³-hybridized carbons (Fsp3) is 0.350. The Morgan fingerprint density at radius 3 is 2.30 bits per heavy atom. The number of hydrogen-bond acceptors (Lipinski definition) is 5. The van der Waals surface area contributed by atoms with E-state index < -0.39 is 24.0 Å². The number of aromatic nitrogens is 1. The summed E-state index contributed by atoms with van der Waals surface area (Å²) in [5, 5.41) is 20.6. The van der Waals surface area contributed by atoms with Crippen LogP contribution in [-0.4, -0.2) is 39.3 Å². The monoisotopic (exact) mass is 371 g/mol. The Labute approximate surface area is 158 Å². The zero-order valence-electron chi connectivity index (χ0n) is 15.5. The van der Waals surface area contributed by atoms with Gasteiger partial charge in [-0.05, 0) is 37.0 Å². The third-order valence-corrected chi connectivity index (χ3v) is 4.26. The molecule has 0 saturated heterocycles. The lowest BCUT2D eigenvalue weighted by Gasteiger charge is -2.18. The number of carbonyl (C=O) groups excluding carboxylic acids is 2. The molecule has 7 heteroatoms. The van der Waals surface area contributed by atoms with Gasteiger partial charge < -0.3 is 10.4 Å². The fourth-order valence-corrected chi connectivity index (χ4v) is 2.63. The molecule has 2 amide bonds. The van der Waals surface area contributed by atoms with Gasteiger partial charge in [-0.25, -0.2) is 5.48 Å². The lowest BCUT2D eigenvalue weighted by molar-refractivity contribution is -0.133. The molecule has 0 radical (unpaired) electrons. The van der Waals surface area contributed by atoms with Gasteiger partial charge in [0.1, 0.15) is 11.7 Å². The van der Waals surface area contributed by atoms with Crippen LogP contribution in [0.25, 0.3) is 11.1 Å². The van der Waals surface area contributed by atoms with Crippen LogP contribution in [0.3, 0.4) is 0 Å². The summed E-state index contributed by atoms with van der Waals surface area (Å²) >= 11 is 0. The molecule has 0 bridgehead atoms. The molecule has 27 heavy (non-hydrogen) atoms. The van der Waals surface area contributed by atoms with Gasteiger partial charge in [-0.15, -0.1) is 0 Å². The van der Waals surface area contributed by atoms with Crippen molar-refractivity contribution >= 4 is 11.8 Å². The SMILES string of the molecule is CCCCc1ccc(-c2ccc(C(=O)N[C@H](C(=O)NO)[C@@H](C)O)nc2)cc1. The number of aliphatic hydroxyl groups excluding tert-OH is 1. The molecule has 2 rings (SSSR count). The van der Waals surface area contributed by atoms with E-state index in [0.29, 0.717) is 0 Å². The van der Waals surface area contributed by atoms with Gasteiger partial charge in [-0.3, -0.25) is 19.8 Å². The molecule has 7 nitrogen and oxygen atoms in total. The molecule has 2 aromatic rings. The predicted molar refractivity (Wildman–Crippen MR) is 101 cm³/mol. The molecule has 0 aliphatic carbocycles. The minimum Gasteiger partial charge on any atom is -0.391 e. The van der Waals surface area contributed by atoms with Crippen molar-refractivity contribution in [3.05, 3.63) is 53.9 Å². The van der Waals surface area contributed by atoms with E-state index in [1.54, 1.807) is 18.3 Å². The van der Waals surface area contributed by atoms with Crippen LogP contribution in [0.15, 0.2) is 42.6 Å². The highest BCUT2D eigenvalue weighted by atomic mass is 16.5. The van der Waals surface area contributed by atoms with Crippen LogP contribution in [0.1, 0.15) is 42.7 Å². The normalized spacial score (nSPS) is 12.9. The van der Waals surface area contributed by atoms with E-state index in [1.165, 1.54) is 18.0 Å². The number of carbonyl (C=O) groups is 2. The quantitative estimate of drug-likeness (QED) is 0.419. The number of amides is 2. The summed E-state index contributed by atoms with van der Waals surface area (Å²) in [6.07, 6.45) is 3.78. The van der Waals surface area contributed by atoms with Crippen molar-refractivity contribution in [3.8, 4) is 11.1 Å². The first kappa shape index (κ1) is 20.5. The van der Waals surface area contributed by atoms with Crippen molar-refractivity contribution in [2.24, 2.45) is 0 Å². The van der Waals surface area contributed by atoms with Crippen molar-refractivity contribution in [1.82, 2.24) is 15.8 Å². The highest BCUT2D eigenvalue weighted by Crippen LogP contribution is 2.20. The number of aliphatic hydroxyl groups is 1. The number of pyridine rings is 1. The molecule has 0 saturated carbocycles. The molecule has 2 atom stereocenters. The van der Waals surface area contributed by atoms with Crippen molar-refractivity contribution in [1.29, 1.82) is 0 Å². The van der Waals surface area contributed by atoms with Gasteiger partial charge in [0, 0.05) is 11.8 Å². The smallest absolute Gasteiger partial charge is 0.270 e. The van der Waals surface area contributed by atoms with Crippen LogP contribution < -0.4 is 10.8 Å². The molecule has 0 aliphatic rings. The van der Waals surface area contributed by atoms with Gasteiger partial charge in [-0.1, -0.05) is 43.7 Å². The highest BCUT2D eigenvalue weighted by molar-refractivity contribution is 5.96. The van der Waals surface area contributed by atoms with E-state index in [-0.39, 0.29) is 5.69 Å². The van der Waals surface area contributed by atoms with Crippen LogP contribution in [-0.2, 0) is 11.2 Å². The number of benzene rings is 1. The van der Waals surface area contributed by atoms with Gasteiger partial charge in [0.25, 0.3) is 11.8 Å². The molecular weight excluding hydrogens is 346 g/mol. The molecule has 0 aliphatic heterocycles. The number of unbranched alkanes of at least 4 members (excludes halogenated alkanes) is 1. The molecule has 1 aromatic heterocycles. The Morgan fingerprint density at radius 2 is 1.78 bits per heavy atom. The second-order valence-corrected chi connectivity index (χ2v) is 6.40. The minimum absolute atomic E-state index is 0.106. The zero-order chi connectivity index (χ0) is 19.8. The van der Waals surface area contributed by atoms with Gasteiger partial charge in [-0.2, -0.15) is 0 Å². The Morgan fingerprint density at radius 1 is 1.11 bits per heavy atom. The maximum Gasteiger partial charge on any atom is 0.270 e. The summed E-state index contributed by atoms with van der Waals surface area (Å²) in [7, 11) is 0. The average Bonchev–Trinajstić information content (AvgIpc) is 2.70. The van der Waals surface area contributed by atoms with Gasteiger partial charge in [0.2, 0.25) is 0 Å². The first-order valence-electron chi connectivity index (χ1n) is 8.94. The van der Waals surface area contributed by atoms with E-state index in [4.69, 9.17) is 5.21 Å². The maximum absolute atomic E-state index is 12.2. The van der Waals surface area contributed by atoms with Gasteiger partial charge >= 0.3 is 0 Å². The average molecular weight is 371 g/mol. The van der Waals surface area contributed by atoms with E-state index in [1.807, 2.05) is 12.1 Å². The van der Waals surface area contributed by atoms with Crippen LogP contribution >= 0.6 is 0 Å². The summed E-state index contributed by atoms with van der Waals surface area (Å²) in [5.74, 6) is -1.52. The molecule has 144 valence electrons. The van der Waals surface area contributed by atoms with Crippen LogP contribution in [0.5, 0.6) is 0 Å². The molecule has 1 aromatic carbocycles. The van der Waals surface area contributed by atoms with E-state index in [9.17, 15) is 14.7 Å². The van der Waals surface area contributed by atoms with E-state index >= 15 is 0 Å². The number of hydrogen-bond donors (Lipinski definition) is 4. The molecule has 1 heterocycles. The largest absolute Gasteiger partial charge is 0.391 e. The summed E-state index contributed by atoms with van der Waals surface area (Å²) in [5.41, 5.74) is 4.68. The molecule has 0 spiro atoms.